The minimum atomic E-state index is -2.88. The van der Waals surface area contributed by atoms with Gasteiger partial charge >= 0.3 is 5.97 Å². The monoisotopic (exact) mass is 604 g/mol. The van der Waals surface area contributed by atoms with Crippen molar-refractivity contribution in [3.63, 3.8) is 0 Å². The number of phenolic OH excluding ortho intramolecular Hbond substituents is 1. The van der Waals surface area contributed by atoms with Gasteiger partial charge in [0.2, 0.25) is 6.29 Å². The van der Waals surface area contributed by atoms with Crippen molar-refractivity contribution >= 4 is 47.6 Å². The zero-order chi connectivity index (χ0) is 28.7. The van der Waals surface area contributed by atoms with Gasteiger partial charge in [0.25, 0.3) is 0 Å². The fourth-order valence-corrected chi connectivity index (χ4v) is 11.5. The predicted octanol–water partition coefficient (Wildman–Crippen LogP) is 1.48. The summed E-state index contributed by atoms with van der Waals surface area (Å²) in [5.41, 5.74) is 0.846. The second-order valence-corrected chi connectivity index (χ2v) is 15.7. The summed E-state index contributed by atoms with van der Waals surface area (Å²) in [6.07, 6.45) is -7.45. The van der Waals surface area contributed by atoms with Crippen molar-refractivity contribution in [2.45, 2.75) is 49.4 Å². The van der Waals surface area contributed by atoms with Gasteiger partial charge in [0, 0.05) is 5.56 Å². The van der Waals surface area contributed by atoms with Crippen LogP contribution in [0.25, 0.3) is 0 Å². The molecule has 9 nitrogen and oxygen atoms in total. The molecule has 0 amide bonds. The number of hydrogen-bond acceptors (Lipinski definition) is 9. The average molecular weight is 605 g/mol. The van der Waals surface area contributed by atoms with Gasteiger partial charge in [0.15, 0.2) is 5.60 Å². The van der Waals surface area contributed by atoms with Crippen molar-refractivity contribution < 1.29 is 44.5 Å². The van der Waals surface area contributed by atoms with Crippen LogP contribution in [-0.4, -0.2) is 76.9 Å². The maximum Gasteiger partial charge on any atom is 0.340 e. The number of phenols is 1. The summed E-state index contributed by atoms with van der Waals surface area (Å²) in [6.45, 7) is 3.37. The van der Waals surface area contributed by atoms with Crippen LogP contribution in [0, 0.1) is 0 Å². The molecule has 3 heterocycles. The minimum Gasteiger partial charge on any atom is -0.507 e. The van der Waals surface area contributed by atoms with Gasteiger partial charge in [-0.2, -0.15) is 23.5 Å². The van der Waals surface area contributed by atoms with Gasteiger partial charge in [0.05, 0.1) is 22.2 Å². The van der Waals surface area contributed by atoms with Crippen molar-refractivity contribution in [2.75, 3.05) is 6.61 Å². The number of aliphatic hydroxyl groups is 4. The lowest BCUT2D eigenvalue weighted by molar-refractivity contribution is -0.277. The van der Waals surface area contributed by atoms with E-state index in [9.17, 15) is 30.3 Å². The first-order chi connectivity index (χ1) is 18.9. The molecule has 211 valence electrons. The Morgan fingerprint density at radius 2 is 1.55 bits per heavy atom. The van der Waals surface area contributed by atoms with E-state index in [1.165, 1.54) is 6.07 Å². The number of aromatic hydroxyl groups is 1. The van der Waals surface area contributed by atoms with Gasteiger partial charge in [-0.3, -0.25) is 0 Å². The van der Waals surface area contributed by atoms with E-state index < -0.39 is 57.0 Å². The summed E-state index contributed by atoms with van der Waals surface area (Å²) in [4.78, 5) is 13.2. The summed E-state index contributed by atoms with van der Waals surface area (Å²) in [5, 5.41) is 52.6. The van der Waals surface area contributed by atoms with E-state index in [4.69, 9.17) is 37.4 Å². The van der Waals surface area contributed by atoms with Crippen molar-refractivity contribution in [1.82, 2.24) is 0 Å². The largest absolute Gasteiger partial charge is 0.507 e. The van der Waals surface area contributed by atoms with E-state index in [1.54, 1.807) is 42.5 Å². The number of aliphatic hydroxyl groups excluding tert-OH is 4. The van der Waals surface area contributed by atoms with E-state index in [-0.39, 0.29) is 21.5 Å². The van der Waals surface area contributed by atoms with Crippen LogP contribution in [0.5, 0.6) is 11.5 Å². The van der Waals surface area contributed by atoms with E-state index >= 15 is 0 Å². The number of ether oxygens (including phenoxy) is 3. The van der Waals surface area contributed by atoms with Crippen molar-refractivity contribution in [3.05, 3.63) is 80.8 Å². The van der Waals surface area contributed by atoms with Crippen LogP contribution >= 0.6 is 23.2 Å². The molecule has 0 bridgehead atoms. The minimum absolute atomic E-state index is 0.0952. The Bertz CT molecular complexity index is 1540. The molecule has 3 aliphatic heterocycles. The molecule has 1 fully saturated rings. The lowest BCUT2D eigenvalue weighted by Crippen LogP contribution is -2.64. The molecule has 5 N–H and O–H groups in total. The van der Waals surface area contributed by atoms with E-state index in [2.05, 4.69) is 0 Å². The Kier molecular flexibility index (Phi) is 6.48. The fraction of sp³-hybridized carbons (Fsp3) is 0.321. The zero-order valence-electron chi connectivity index (χ0n) is 21.3. The van der Waals surface area contributed by atoms with Gasteiger partial charge in [-0.05, 0) is 29.3 Å². The first kappa shape index (κ1) is 27.5. The first-order valence-corrected chi connectivity index (χ1v) is 16.4. The molecule has 3 aliphatic rings. The van der Waals surface area contributed by atoms with Gasteiger partial charge < -0.3 is 39.7 Å². The molecule has 6 atom stereocenters. The molecule has 0 radical (unpaired) electrons. The molecule has 0 saturated carbocycles. The maximum atomic E-state index is 13.2. The topological polar surface area (TPSA) is 146 Å². The van der Waals surface area contributed by atoms with Crippen LogP contribution in [0.1, 0.15) is 27.0 Å². The lowest BCUT2D eigenvalue weighted by Gasteiger charge is -2.52. The summed E-state index contributed by atoms with van der Waals surface area (Å²) in [6, 6.07) is 13.5. The molecule has 6 rings (SSSR count). The standard InChI is InChI=1S/C28H26Cl2O9Si/c1-40(2)24-14(7-9-16(32)19(24)29)28(13-6-4-3-5-12(13)26(36)39-28)15-8-10-17(20(30)25(15)40)37-27-23(35)22(34)21(33)18(11-31)38-27/h3-10,18,21-23,27,31-35H,11H2,1-2H3/q-1/t18-,21+,22+,23-,27-,28?/m1/s1. The number of carbonyl (C=O) groups excluding carboxylic acids is 1. The molecule has 0 aliphatic carbocycles. The molecular weight excluding hydrogens is 579 g/mol. The van der Waals surface area contributed by atoms with Gasteiger partial charge in [-0.15, -0.1) is 0 Å². The molecule has 0 aromatic heterocycles. The normalized spacial score (nSPS) is 29.9. The predicted molar refractivity (Wildman–Crippen MR) is 147 cm³/mol. The molecule has 3 aromatic rings. The second-order valence-electron chi connectivity index (χ2n) is 10.7. The summed E-state index contributed by atoms with van der Waals surface area (Å²) in [5.74, 6) is -0.546. The van der Waals surface area contributed by atoms with Gasteiger partial charge in [0.1, 0.15) is 35.9 Å². The number of hydrogen-bond donors (Lipinski definition) is 5. The molecule has 3 aromatic carbocycles. The van der Waals surface area contributed by atoms with Crippen LogP contribution < -0.4 is 15.1 Å². The Morgan fingerprint density at radius 3 is 2.25 bits per heavy atom. The van der Waals surface area contributed by atoms with Crippen LogP contribution in [0.4, 0.5) is 0 Å². The highest BCUT2D eigenvalue weighted by atomic mass is 35.5. The number of fused-ring (bicyclic) bond motifs is 6. The van der Waals surface area contributed by atoms with Crippen LogP contribution in [-0.2, 0) is 15.1 Å². The highest BCUT2D eigenvalue weighted by Crippen LogP contribution is 2.51. The molecular formula is C28H26Cl2O9Si-. The highest BCUT2D eigenvalue weighted by Gasteiger charge is 2.54. The quantitative estimate of drug-likeness (QED) is 0.221. The molecule has 1 saturated heterocycles. The molecule has 1 unspecified atom stereocenters. The fourth-order valence-electron chi connectivity index (χ4n) is 6.20. The Hall–Kier alpha value is -2.67. The van der Waals surface area contributed by atoms with Crippen molar-refractivity contribution in [1.29, 1.82) is 0 Å². The van der Waals surface area contributed by atoms with E-state index in [0.717, 1.165) is 0 Å². The maximum absolute atomic E-state index is 13.2. The second kappa shape index (κ2) is 9.43. The average Bonchev–Trinajstić information content (AvgIpc) is 3.23. The van der Waals surface area contributed by atoms with Gasteiger partial charge in [-0.25, -0.2) is 4.79 Å². The van der Waals surface area contributed by atoms with E-state index in [0.29, 0.717) is 32.6 Å². The molecule has 40 heavy (non-hydrogen) atoms. The highest BCUT2D eigenvalue weighted by molar-refractivity contribution is 7.03. The van der Waals surface area contributed by atoms with Crippen LogP contribution in [0.3, 0.4) is 0 Å². The van der Waals surface area contributed by atoms with Crippen molar-refractivity contribution in [3.8, 4) is 11.5 Å². The number of rotatable bonds is 3. The Balaban J connectivity index is 1.57. The third-order valence-corrected chi connectivity index (χ3v) is 12.7. The number of esters is 1. The van der Waals surface area contributed by atoms with E-state index in [1.807, 2.05) is 13.1 Å². The van der Waals surface area contributed by atoms with Crippen LogP contribution in [0.15, 0.2) is 48.5 Å². The Morgan fingerprint density at radius 1 is 0.900 bits per heavy atom. The molecule has 12 heteroatoms. The summed E-state index contributed by atoms with van der Waals surface area (Å²) >= 11 is 13.8. The lowest BCUT2D eigenvalue weighted by atomic mass is 9.79. The van der Waals surface area contributed by atoms with Crippen molar-refractivity contribution in [2.24, 2.45) is 0 Å². The number of benzene rings is 3. The van der Waals surface area contributed by atoms with Crippen LogP contribution in [0.2, 0.25) is 23.1 Å². The third kappa shape index (κ3) is 3.61. The number of carbonyl (C=O) groups is 1. The Labute approximate surface area is 240 Å². The summed E-state index contributed by atoms with van der Waals surface area (Å²) < 4.78 is 17.7. The third-order valence-electron chi connectivity index (χ3n) is 8.10. The first-order valence-electron chi connectivity index (χ1n) is 12.6. The number of halogens is 2. The zero-order valence-corrected chi connectivity index (χ0v) is 23.8. The van der Waals surface area contributed by atoms with Gasteiger partial charge in [-0.1, -0.05) is 61.6 Å². The smallest absolute Gasteiger partial charge is 0.340 e. The SMILES string of the molecule is C[Si-]1(C)c2c(ccc(O)c2Cl)C2(OC(=O)c3ccccc32)c2ccc(O[C@@H]3O[C@H](CO)[C@H](O)[C@H](O)[C@H]3O)c(Cl)c21. The summed E-state index contributed by atoms with van der Waals surface area (Å²) in [7, 11) is -2.88. The molecule has 1 spiro atoms.